The molecule has 2 amide bonds. The van der Waals surface area contributed by atoms with Gasteiger partial charge in [-0.1, -0.05) is 5.21 Å². The molecule has 4 rings (SSSR count). The summed E-state index contributed by atoms with van der Waals surface area (Å²) >= 11 is 0. The molecule has 150 valence electrons. The maximum Gasteiger partial charge on any atom is 0.253 e. The first-order valence-electron chi connectivity index (χ1n) is 9.59. The van der Waals surface area contributed by atoms with Gasteiger partial charge in [-0.05, 0) is 55.3 Å². The molecule has 1 aliphatic rings. The topological polar surface area (TPSA) is 89.3 Å². The van der Waals surface area contributed by atoms with Crippen LogP contribution in [0.15, 0.2) is 42.5 Å². The zero-order chi connectivity index (χ0) is 20.4. The zero-order valence-electron chi connectivity index (χ0n) is 16.5. The predicted octanol–water partition coefficient (Wildman–Crippen LogP) is 2.47. The number of hydrogen-bond acceptors (Lipinski definition) is 5. The number of likely N-dealkylation sites (tertiary alicyclic amines) is 1. The third-order valence-electron chi connectivity index (χ3n) is 5.37. The van der Waals surface area contributed by atoms with Crippen LogP contribution in [-0.4, -0.2) is 51.9 Å². The smallest absolute Gasteiger partial charge is 0.253 e. The summed E-state index contributed by atoms with van der Waals surface area (Å²) in [7, 11) is 3.42. The molecule has 3 aromatic rings. The molecule has 1 aliphatic heterocycles. The van der Waals surface area contributed by atoms with Crippen LogP contribution in [0.5, 0.6) is 5.75 Å². The lowest BCUT2D eigenvalue weighted by Crippen LogP contribution is -2.41. The molecular formula is C21H23N5O3. The van der Waals surface area contributed by atoms with E-state index < -0.39 is 0 Å². The second kappa shape index (κ2) is 7.90. The Balaban J connectivity index is 1.35. The molecule has 0 saturated carbocycles. The van der Waals surface area contributed by atoms with E-state index in [1.165, 1.54) is 0 Å². The molecular weight excluding hydrogens is 370 g/mol. The standard InChI is InChI=1S/C21H23N5O3/c1-25-19-8-3-15(13-18(19)23-24-25)21(28)26-11-9-14(10-12-26)20(27)22-16-4-6-17(29-2)7-5-16/h3-8,13-14H,9-12H2,1-2H3,(H,22,27). The van der Waals surface area contributed by atoms with E-state index in [-0.39, 0.29) is 17.7 Å². The lowest BCUT2D eigenvalue weighted by atomic mass is 9.95. The van der Waals surface area contributed by atoms with E-state index in [9.17, 15) is 9.59 Å². The van der Waals surface area contributed by atoms with Gasteiger partial charge in [0.2, 0.25) is 5.91 Å². The summed E-state index contributed by atoms with van der Waals surface area (Å²) in [6.07, 6.45) is 1.28. The Morgan fingerprint density at radius 2 is 1.83 bits per heavy atom. The number of nitrogens with one attached hydrogen (secondary N) is 1. The summed E-state index contributed by atoms with van der Waals surface area (Å²) in [4.78, 5) is 27.2. The number of nitrogens with zero attached hydrogens (tertiary/aromatic N) is 4. The number of piperidine rings is 1. The zero-order valence-corrected chi connectivity index (χ0v) is 16.5. The Labute approximate surface area is 168 Å². The summed E-state index contributed by atoms with van der Waals surface area (Å²) < 4.78 is 6.80. The van der Waals surface area contributed by atoms with E-state index >= 15 is 0 Å². The number of aromatic nitrogens is 3. The summed E-state index contributed by atoms with van der Waals surface area (Å²) in [6, 6.07) is 12.7. The number of methoxy groups -OCH3 is 1. The first-order chi connectivity index (χ1) is 14.0. The molecule has 2 aromatic carbocycles. The first kappa shape index (κ1) is 18.9. The van der Waals surface area contributed by atoms with E-state index in [4.69, 9.17) is 4.74 Å². The largest absolute Gasteiger partial charge is 0.497 e. The van der Waals surface area contributed by atoms with Gasteiger partial charge >= 0.3 is 0 Å². The molecule has 0 unspecified atom stereocenters. The van der Waals surface area contributed by atoms with Gasteiger partial charge in [-0.25, -0.2) is 4.68 Å². The Hall–Kier alpha value is -3.42. The molecule has 0 aliphatic carbocycles. The molecule has 0 radical (unpaired) electrons. The second-order valence-electron chi connectivity index (χ2n) is 7.20. The van der Waals surface area contributed by atoms with Crippen molar-refractivity contribution in [3.05, 3.63) is 48.0 Å². The third-order valence-corrected chi connectivity index (χ3v) is 5.37. The van der Waals surface area contributed by atoms with E-state index in [1.807, 2.05) is 37.4 Å². The van der Waals surface area contributed by atoms with Crippen molar-refractivity contribution in [2.75, 3.05) is 25.5 Å². The van der Waals surface area contributed by atoms with E-state index in [1.54, 1.807) is 28.8 Å². The summed E-state index contributed by atoms with van der Waals surface area (Å²) in [5.74, 6) is 0.591. The van der Waals surface area contributed by atoms with Crippen molar-refractivity contribution >= 4 is 28.5 Å². The fourth-order valence-corrected chi connectivity index (χ4v) is 3.62. The monoisotopic (exact) mass is 393 g/mol. The van der Waals surface area contributed by atoms with Crippen LogP contribution in [0.3, 0.4) is 0 Å². The second-order valence-corrected chi connectivity index (χ2v) is 7.20. The van der Waals surface area contributed by atoms with Crippen molar-refractivity contribution in [2.45, 2.75) is 12.8 Å². The summed E-state index contributed by atoms with van der Waals surface area (Å²) in [5, 5.41) is 11.0. The number of carbonyl (C=O) groups is 2. The predicted molar refractivity (Wildman–Crippen MR) is 109 cm³/mol. The van der Waals surface area contributed by atoms with Crippen molar-refractivity contribution in [1.82, 2.24) is 19.9 Å². The minimum Gasteiger partial charge on any atom is -0.497 e. The summed E-state index contributed by atoms with van der Waals surface area (Å²) in [5.41, 5.74) is 2.92. The third kappa shape index (κ3) is 3.91. The van der Waals surface area contributed by atoms with Gasteiger partial charge in [-0.15, -0.1) is 5.10 Å². The number of anilines is 1. The molecule has 8 nitrogen and oxygen atoms in total. The molecule has 0 atom stereocenters. The number of fused-ring (bicyclic) bond motifs is 1. The molecule has 8 heteroatoms. The van der Waals surface area contributed by atoms with Crippen molar-refractivity contribution in [1.29, 1.82) is 0 Å². The Morgan fingerprint density at radius 3 is 2.52 bits per heavy atom. The van der Waals surface area contributed by atoms with Gasteiger partial charge < -0.3 is 15.0 Å². The highest BCUT2D eigenvalue weighted by atomic mass is 16.5. The Morgan fingerprint density at radius 1 is 1.10 bits per heavy atom. The number of rotatable bonds is 4. The van der Waals surface area contributed by atoms with E-state index in [2.05, 4.69) is 15.6 Å². The molecule has 0 spiro atoms. The van der Waals surface area contributed by atoms with Crippen molar-refractivity contribution in [3.8, 4) is 5.75 Å². The number of amides is 2. The molecule has 0 bridgehead atoms. The minimum absolute atomic E-state index is 0.0109. The Kier molecular flexibility index (Phi) is 5.16. The average Bonchev–Trinajstić information content (AvgIpc) is 3.14. The van der Waals surface area contributed by atoms with Crippen molar-refractivity contribution in [2.24, 2.45) is 13.0 Å². The normalized spacial score (nSPS) is 14.8. The van der Waals surface area contributed by atoms with Crippen LogP contribution in [0.4, 0.5) is 5.69 Å². The van der Waals surface area contributed by atoms with Crippen LogP contribution in [0.2, 0.25) is 0 Å². The van der Waals surface area contributed by atoms with Crippen LogP contribution in [0, 0.1) is 5.92 Å². The molecule has 1 N–H and O–H groups in total. The molecule has 1 aromatic heterocycles. The summed E-state index contributed by atoms with van der Waals surface area (Å²) in [6.45, 7) is 1.11. The van der Waals surface area contributed by atoms with Crippen LogP contribution < -0.4 is 10.1 Å². The highest BCUT2D eigenvalue weighted by molar-refractivity contribution is 5.97. The molecule has 1 fully saturated rings. The van der Waals surface area contributed by atoms with Crippen LogP contribution >= 0.6 is 0 Å². The fraction of sp³-hybridized carbons (Fsp3) is 0.333. The quantitative estimate of drug-likeness (QED) is 0.736. The van der Waals surface area contributed by atoms with Crippen molar-refractivity contribution in [3.63, 3.8) is 0 Å². The Bertz CT molecular complexity index is 1040. The van der Waals surface area contributed by atoms with Gasteiger partial charge in [0.15, 0.2) is 0 Å². The lowest BCUT2D eigenvalue weighted by molar-refractivity contribution is -0.121. The number of ether oxygens (including phenoxy) is 1. The van der Waals surface area contributed by atoms with Gasteiger partial charge in [0.05, 0.1) is 12.6 Å². The lowest BCUT2D eigenvalue weighted by Gasteiger charge is -2.31. The van der Waals surface area contributed by atoms with Crippen LogP contribution in [-0.2, 0) is 11.8 Å². The highest BCUT2D eigenvalue weighted by Crippen LogP contribution is 2.23. The minimum atomic E-state index is -0.108. The maximum atomic E-state index is 12.8. The van der Waals surface area contributed by atoms with Crippen molar-refractivity contribution < 1.29 is 14.3 Å². The van der Waals surface area contributed by atoms with Crippen LogP contribution in [0.1, 0.15) is 23.2 Å². The SMILES string of the molecule is COc1ccc(NC(=O)C2CCN(C(=O)c3ccc4c(c3)nnn4C)CC2)cc1. The number of carbonyl (C=O) groups excluding carboxylic acids is 2. The number of hydrogen-bond donors (Lipinski definition) is 1. The average molecular weight is 393 g/mol. The van der Waals surface area contributed by atoms with E-state index in [0.29, 0.717) is 37.0 Å². The van der Waals surface area contributed by atoms with Gasteiger partial charge in [-0.3, -0.25) is 9.59 Å². The number of aryl methyl sites for hydroxylation is 1. The van der Waals surface area contributed by atoms with E-state index in [0.717, 1.165) is 17.0 Å². The van der Waals surface area contributed by atoms with Gasteiger partial charge in [-0.2, -0.15) is 0 Å². The molecule has 1 saturated heterocycles. The van der Waals surface area contributed by atoms with Gasteiger partial charge in [0.1, 0.15) is 11.3 Å². The van der Waals surface area contributed by atoms with Crippen LogP contribution in [0.25, 0.3) is 11.0 Å². The highest BCUT2D eigenvalue weighted by Gasteiger charge is 2.28. The number of benzene rings is 2. The maximum absolute atomic E-state index is 12.8. The molecule has 2 heterocycles. The van der Waals surface area contributed by atoms with Gasteiger partial charge in [0.25, 0.3) is 5.91 Å². The van der Waals surface area contributed by atoms with Gasteiger partial charge in [0, 0.05) is 37.3 Å². The first-order valence-corrected chi connectivity index (χ1v) is 9.59. The fourth-order valence-electron chi connectivity index (χ4n) is 3.62. The molecule has 29 heavy (non-hydrogen) atoms.